The third kappa shape index (κ3) is 3.32. The third-order valence-electron chi connectivity index (χ3n) is 3.37. The van der Waals surface area contributed by atoms with Gasteiger partial charge < -0.3 is 9.84 Å². The van der Waals surface area contributed by atoms with Crippen molar-refractivity contribution < 1.29 is 30.9 Å². The number of hydrogen-bond donors (Lipinski definition) is 2. The molecule has 25 heavy (non-hydrogen) atoms. The molecule has 4 nitrogen and oxygen atoms in total. The van der Waals surface area contributed by atoms with Gasteiger partial charge in [0.2, 0.25) is 0 Å². The minimum atomic E-state index is -4.96. The number of halogens is 6. The van der Waals surface area contributed by atoms with E-state index >= 15 is 0 Å². The van der Waals surface area contributed by atoms with Crippen LogP contribution in [0.5, 0.6) is 0 Å². The van der Waals surface area contributed by atoms with E-state index in [9.17, 15) is 31.1 Å². The summed E-state index contributed by atoms with van der Waals surface area (Å²) in [7, 11) is 0. The quantitative estimate of drug-likeness (QED) is 0.638. The highest BCUT2D eigenvalue weighted by Crippen LogP contribution is 2.38. The van der Waals surface area contributed by atoms with E-state index in [2.05, 4.69) is 5.32 Å². The number of aromatic amines is 1. The summed E-state index contributed by atoms with van der Waals surface area (Å²) in [5.41, 5.74) is -3.93. The summed E-state index contributed by atoms with van der Waals surface area (Å²) in [6.45, 7) is 0. The Labute approximate surface area is 135 Å². The van der Waals surface area contributed by atoms with Gasteiger partial charge in [-0.25, -0.2) is 0 Å². The first-order valence-electron chi connectivity index (χ1n) is 6.72. The van der Waals surface area contributed by atoms with E-state index in [1.165, 1.54) is 18.2 Å². The zero-order chi connectivity index (χ0) is 18.4. The lowest BCUT2D eigenvalue weighted by molar-refractivity contribution is -0.143. The Morgan fingerprint density at radius 2 is 1.52 bits per heavy atom. The van der Waals surface area contributed by atoms with Crippen LogP contribution in [0.1, 0.15) is 11.1 Å². The van der Waals surface area contributed by atoms with Crippen molar-refractivity contribution in [3.8, 4) is 0 Å². The second kappa shape index (κ2) is 5.57. The van der Waals surface area contributed by atoms with Gasteiger partial charge in [-0.2, -0.15) is 31.5 Å². The molecule has 3 rings (SSSR count). The highest BCUT2D eigenvalue weighted by Gasteiger charge is 2.37. The van der Waals surface area contributed by atoms with Gasteiger partial charge in [0.15, 0.2) is 5.58 Å². The number of alkyl halides is 6. The number of nitrogens with one attached hydrogen (secondary N) is 2. The number of benzene rings is 2. The molecule has 3 aromatic rings. The first kappa shape index (κ1) is 16.9. The lowest BCUT2D eigenvalue weighted by Gasteiger charge is -2.15. The molecule has 0 spiro atoms. The molecule has 2 N–H and O–H groups in total. The molecule has 1 aromatic heterocycles. The van der Waals surface area contributed by atoms with Crippen LogP contribution in [0, 0.1) is 0 Å². The van der Waals surface area contributed by atoms with Gasteiger partial charge in [0, 0.05) is 5.69 Å². The van der Waals surface area contributed by atoms with Crippen LogP contribution >= 0.6 is 0 Å². The first-order valence-corrected chi connectivity index (χ1v) is 6.72. The molecule has 0 bridgehead atoms. The Bertz CT molecular complexity index is 952. The van der Waals surface area contributed by atoms with Crippen molar-refractivity contribution in [1.29, 1.82) is 0 Å². The van der Waals surface area contributed by atoms with Crippen molar-refractivity contribution in [2.24, 2.45) is 0 Å². The molecule has 0 aliphatic heterocycles. The van der Waals surface area contributed by atoms with Gasteiger partial charge in [-0.15, -0.1) is 0 Å². The standard InChI is InChI=1S/C15H8F6N2O2/c16-14(17,18)7-4-8(15(19,20)21)6-9(5-7)22-10-2-1-3-11-12(10)13(24)23-25-11/h1-6,22H,(H,23,24). The molecule has 0 saturated carbocycles. The molecular weight excluding hydrogens is 354 g/mol. The summed E-state index contributed by atoms with van der Waals surface area (Å²) in [6, 6.07) is 5.27. The monoisotopic (exact) mass is 362 g/mol. The van der Waals surface area contributed by atoms with Crippen molar-refractivity contribution in [3.05, 3.63) is 57.9 Å². The van der Waals surface area contributed by atoms with Crippen LogP contribution in [0.3, 0.4) is 0 Å². The van der Waals surface area contributed by atoms with Crippen molar-refractivity contribution in [3.63, 3.8) is 0 Å². The maximum Gasteiger partial charge on any atom is 0.416 e. The SMILES string of the molecule is O=c1[nH]oc2cccc(Nc3cc(C(F)(F)F)cc(C(F)(F)F)c3)c12. The van der Waals surface area contributed by atoms with Crippen molar-refractivity contribution in [1.82, 2.24) is 5.16 Å². The Morgan fingerprint density at radius 1 is 0.920 bits per heavy atom. The van der Waals surface area contributed by atoms with Crippen LogP contribution in [0.4, 0.5) is 37.7 Å². The van der Waals surface area contributed by atoms with Crippen LogP contribution in [-0.2, 0) is 12.4 Å². The molecule has 1 heterocycles. The Kier molecular flexibility index (Phi) is 3.77. The average Bonchev–Trinajstić information content (AvgIpc) is 2.88. The van der Waals surface area contributed by atoms with Crippen LogP contribution < -0.4 is 10.9 Å². The fourth-order valence-electron chi connectivity index (χ4n) is 2.29. The number of aromatic nitrogens is 1. The van der Waals surface area contributed by atoms with E-state index in [4.69, 9.17) is 4.52 Å². The molecule has 0 aliphatic carbocycles. The van der Waals surface area contributed by atoms with Crippen LogP contribution in [0.25, 0.3) is 11.0 Å². The van der Waals surface area contributed by atoms with E-state index in [1.807, 2.05) is 5.16 Å². The Morgan fingerprint density at radius 3 is 2.08 bits per heavy atom. The minimum absolute atomic E-state index is 0.0138. The largest absolute Gasteiger partial charge is 0.416 e. The lowest BCUT2D eigenvalue weighted by atomic mass is 10.1. The molecule has 0 saturated heterocycles. The first-order chi connectivity index (χ1) is 11.6. The fraction of sp³-hybridized carbons (Fsp3) is 0.133. The van der Waals surface area contributed by atoms with Crippen LogP contribution in [-0.4, -0.2) is 5.16 Å². The Hall–Kier alpha value is -2.91. The molecule has 0 radical (unpaired) electrons. The number of rotatable bonds is 2. The smallest absolute Gasteiger partial charge is 0.378 e. The second-order valence-electron chi connectivity index (χ2n) is 5.13. The second-order valence-corrected chi connectivity index (χ2v) is 5.13. The van der Waals surface area contributed by atoms with Crippen molar-refractivity contribution >= 4 is 22.3 Å². The van der Waals surface area contributed by atoms with E-state index in [0.717, 1.165) is 0 Å². The normalized spacial score (nSPS) is 12.6. The zero-order valence-corrected chi connectivity index (χ0v) is 12.0. The number of H-pyrrole nitrogens is 1. The van der Waals surface area contributed by atoms with Crippen LogP contribution in [0.15, 0.2) is 45.7 Å². The van der Waals surface area contributed by atoms with Crippen molar-refractivity contribution in [2.75, 3.05) is 5.32 Å². The maximum absolute atomic E-state index is 12.9. The molecule has 0 amide bonds. The van der Waals surface area contributed by atoms with Gasteiger partial charge in [-0.05, 0) is 30.3 Å². The summed E-state index contributed by atoms with van der Waals surface area (Å²) in [6.07, 6.45) is -9.92. The lowest BCUT2D eigenvalue weighted by Crippen LogP contribution is -2.11. The van der Waals surface area contributed by atoms with Gasteiger partial charge in [0.1, 0.15) is 5.39 Å². The molecule has 2 aromatic carbocycles. The molecule has 0 fully saturated rings. The molecule has 132 valence electrons. The number of hydrogen-bond acceptors (Lipinski definition) is 3. The number of anilines is 2. The van der Waals surface area contributed by atoms with Gasteiger partial charge in [0.05, 0.1) is 16.8 Å². The van der Waals surface area contributed by atoms with Gasteiger partial charge in [-0.3, -0.25) is 4.79 Å². The summed E-state index contributed by atoms with van der Waals surface area (Å²) in [5, 5.41) is 4.44. The fourth-order valence-corrected chi connectivity index (χ4v) is 2.29. The van der Waals surface area contributed by atoms with E-state index < -0.39 is 34.7 Å². The van der Waals surface area contributed by atoms with Gasteiger partial charge in [-0.1, -0.05) is 6.07 Å². The molecule has 0 atom stereocenters. The predicted octanol–water partition coefficient (Wildman–Crippen LogP) is 4.90. The molecule has 0 aliphatic rings. The van der Waals surface area contributed by atoms with E-state index in [0.29, 0.717) is 12.1 Å². The summed E-state index contributed by atoms with van der Waals surface area (Å²) in [5.74, 6) is 0. The minimum Gasteiger partial charge on any atom is -0.378 e. The van der Waals surface area contributed by atoms with Gasteiger partial charge in [0.25, 0.3) is 5.56 Å². The Balaban J connectivity index is 2.13. The summed E-state index contributed by atoms with van der Waals surface area (Å²) >= 11 is 0. The molecular formula is C15H8F6N2O2. The van der Waals surface area contributed by atoms with Gasteiger partial charge >= 0.3 is 12.4 Å². The van der Waals surface area contributed by atoms with E-state index in [-0.39, 0.29) is 22.7 Å². The maximum atomic E-state index is 12.9. The molecule has 0 unspecified atom stereocenters. The number of fused-ring (bicyclic) bond motifs is 1. The highest BCUT2D eigenvalue weighted by molar-refractivity contribution is 5.91. The average molecular weight is 362 g/mol. The predicted molar refractivity (Wildman–Crippen MR) is 76.6 cm³/mol. The zero-order valence-electron chi connectivity index (χ0n) is 12.0. The highest BCUT2D eigenvalue weighted by atomic mass is 19.4. The molecule has 10 heteroatoms. The van der Waals surface area contributed by atoms with Crippen LogP contribution in [0.2, 0.25) is 0 Å². The van der Waals surface area contributed by atoms with E-state index in [1.54, 1.807) is 0 Å². The summed E-state index contributed by atoms with van der Waals surface area (Å²) in [4.78, 5) is 11.7. The third-order valence-corrected chi connectivity index (χ3v) is 3.37. The topological polar surface area (TPSA) is 58.0 Å². The summed E-state index contributed by atoms with van der Waals surface area (Å²) < 4.78 is 82.1. The van der Waals surface area contributed by atoms with Crippen molar-refractivity contribution in [2.45, 2.75) is 12.4 Å².